The number of amides is 2. The van der Waals surface area contributed by atoms with E-state index in [2.05, 4.69) is 10.1 Å². The van der Waals surface area contributed by atoms with Crippen LogP contribution in [0.2, 0.25) is 5.02 Å². The molecule has 168 valence electrons. The Kier molecular flexibility index (Phi) is 7.67. The van der Waals surface area contributed by atoms with Crippen LogP contribution in [0.4, 0.5) is 31.1 Å². The number of nitrogens with zero attached hydrogens (tertiary/aromatic N) is 1. The Balaban J connectivity index is 1.76. The first-order valence-corrected chi connectivity index (χ1v) is 8.98. The number of ether oxygens (including phenoxy) is 2. The van der Waals surface area contributed by atoms with Crippen LogP contribution in [0.3, 0.4) is 0 Å². The second-order valence-electron chi connectivity index (χ2n) is 6.49. The van der Waals surface area contributed by atoms with E-state index < -0.39 is 30.5 Å². The smallest absolute Gasteiger partial charge is 0.434 e. The number of alkyl halides is 6. The Morgan fingerprint density at radius 2 is 1.73 bits per heavy atom. The minimum Gasteiger partial charge on any atom is -0.484 e. The lowest BCUT2D eigenvalue weighted by Crippen LogP contribution is -2.48. The number of nitrogens with one attached hydrogen (secondary N) is 1. The van der Waals surface area contributed by atoms with E-state index >= 15 is 0 Å². The zero-order valence-corrected chi connectivity index (χ0v) is 16.0. The van der Waals surface area contributed by atoms with E-state index in [0.29, 0.717) is 10.8 Å². The molecule has 1 aliphatic rings. The molecule has 0 radical (unpaired) electrons. The Morgan fingerprint density at radius 3 is 2.30 bits per heavy atom. The lowest BCUT2D eigenvalue weighted by molar-refractivity contribution is -0.308. The third-order valence-corrected chi connectivity index (χ3v) is 4.38. The van der Waals surface area contributed by atoms with E-state index in [1.807, 2.05) is 0 Å². The van der Waals surface area contributed by atoms with E-state index in [1.54, 1.807) is 24.3 Å². The third-order valence-electron chi connectivity index (χ3n) is 4.13. The molecule has 30 heavy (non-hydrogen) atoms. The predicted molar refractivity (Wildman–Crippen MR) is 92.0 cm³/mol. The number of likely N-dealkylation sites (tertiary alicyclic amines) is 1. The molecule has 1 aromatic carbocycles. The molecule has 1 fully saturated rings. The molecule has 0 saturated carbocycles. The van der Waals surface area contributed by atoms with Crippen LogP contribution >= 0.6 is 11.6 Å². The number of hydrogen-bond acceptors (Lipinski definition) is 4. The quantitative estimate of drug-likeness (QED) is 0.653. The summed E-state index contributed by atoms with van der Waals surface area (Å²) in [6.07, 6.45) is -17.2. The van der Waals surface area contributed by atoms with Crippen LogP contribution in [0.25, 0.3) is 0 Å². The van der Waals surface area contributed by atoms with Crippen molar-refractivity contribution in [3.63, 3.8) is 0 Å². The van der Waals surface area contributed by atoms with Crippen LogP contribution in [0.1, 0.15) is 6.42 Å². The largest absolute Gasteiger partial charge is 0.484 e. The summed E-state index contributed by atoms with van der Waals surface area (Å²) in [4.78, 5) is 24.2. The summed E-state index contributed by atoms with van der Waals surface area (Å²) in [5.74, 6) is -0.430. The fourth-order valence-electron chi connectivity index (χ4n) is 2.65. The minimum absolute atomic E-state index is 0.0640. The first-order chi connectivity index (χ1) is 13.9. The van der Waals surface area contributed by atoms with Crippen molar-refractivity contribution < 1.29 is 45.4 Å². The molecule has 2 rings (SSSR count). The van der Waals surface area contributed by atoms with Gasteiger partial charge in [0.05, 0.1) is 0 Å². The predicted octanol–water partition coefficient (Wildman–Crippen LogP) is 3.79. The summed E-state index contributed by atoms with van der Waals surface area (Å²) in [7, 11) is 0. The Morgan fingerprint density at radius 1 is 1.13 bits per heavy atom. The van der Waals surface area contributed by atoms with Crippen LogP contribution in [0.5, 0.6) is 5.75 Å². The maximum absolute atomic E-state index is 12.5. The van der Waals surface area contributed by atoms with Crippen LogP contribution in [0, 0.1) is 5.92 Å². The van der Waals surface area contributed by atoms with Crippen molar-refractivity contribution in [3.05, 3.63) is 29.3 Å². The molecule has 0 spiro atoms. The molecule has 1 heterocycles. The number of hydrogen-bond donors (Lipinski definition) is 1. The van der Waals surface area contributed by atoms with E-state index in [9.17, 15) is 35.9 Å². The van der Waals surface area contributed by atoms with Crippen molar-refractivity contribution >= 4 is 23.6 Å². The van der Waals surface area contributed by atoms with Gasteiger partial charge in [0.15, 0.2) is 6.61 Å². The van der Waals surface area contributed by atoms with Crippen LogP contribution < -0.4 is 10.1 Å². The van der Waals surface area contributed by atoms with Gasteiger partial charge in [0.1, 0.15) is 5.75 Å². The minimum atomic E-state index is -5.77. The highest BCUT2D eigenvalue weighted by Gasteiger charge is 2.60. The van der Waals surface area contributed by atoms with Crippen LogP contribution in [-0.2, 0) is 9.53 Å². The lowest BCUT2D eigenvalue weighted by atomic mass is 10.1. The van der Waals surface area contributed by atoms with Gasteiger partial charge < -0.3 is 19.7 Å². The third kappa shape index (κ3) is 7.15. The second-order valence-corrected chi connectivity index (χ2v) is 6.93. The van der Waals surface area contributed by atoms with Crippen LogP contribution in [-0.4, -0.2) is 61.6 Å². The van der Waals surface area contributed by atoms with Crippen molar-refractivity contribution in [1.29, 1.82) is 0 Å². The molecule has 1 aromatic rings. The van der Waals surface area contributed by atoms with Crippen LogP contribution in [0.15, 0.2) is 24.3 Å². The molecule has 6 nitrogen and oxygen atoms in total. The standard InChI is InChI=1S/C17H17ClF6N2O4/c18-11-1-3-12(4-2-11)29-9-13(27)25-7-10-5-6-26(8-10)15(28)30-14(16(19,20)21)17(22,23)24/h1-4,10,14H,5-9H2,(H,25,27). The topological polar surface area (TPSA) is 67.9 Å². The monoisotopic (exact) mass is 462 g/mol. The summed E-state index contributed by atoms with van der Waals surface area (Å²) in [6, 6.07) is 6.27. The summed E-state index contributed by atoms with van der Waals surface area (Å²) < 4.78 is 83.8. The van der Waals surface area contributed by atoms with Crippen molar-refractivity contribution in [2.24, 2.45) is 5.92 Å². The van der Waals surface area contributed by atoms with E-state index in [4.69, 9.17) is 16.3 Å². The van der Waals surface area contributed by atoms with Gasteiger partial charge in [0, 0.05) is 24.7 Å². The normalized spacial score (nSPS) is 17.2. The Hall–Kier alpha value is -2.37. The first-order valence-electron chi connectivity index (χ1n) is 8.60. The number of halogens is 7. The molecule has 0 aromatic heterocycles. The van der Waals surface area contributed by atoms with E-state index in [0.717, 1.165) is 4.90 Å². The van der Waals surface area contributed by atoms with Gasteiger partial charge in [0.2, 0.25) is 0 Å². The Labute approximate surface area is 172 Å². The van der Waals surface area contributed by atoms with Gasteiger partial charge >= 0.3 is 18.4 Å². The van der Waals surface area contributed by atoms with Gasteiger partial charge in [-0.3, -0.25) is 4.79 Å². The molecule has 1 N–H and O–H groups in total. The highest BCUT2D eigenvalue weighted by Crippen LogP contribution is 2.36. The number of carbonyl (C=O) groups is 2. The second kappa shape index (κ2) is 9.63. The summed E-state index contributed by atoms with van der Waals surface area (Å²) in [6.45, 7) is -0.490. The maximum atomic E-state index is 12.5. The molecule has 1 unspecified atom stereocenters. The molecule has 1 aliphatic heterocycles. The molecule has 0 aliphatic carbocycles. The molecule has 0 bridgehead atoms. The fourth-order valence-corrected chi connectivity index (χ4v) is 2.77. The summed E-state index contributed by atoms with van der Waals surface area (Å²) >= 11 is 5.72. The SMILES string of the molecule is O=C(COc1ccc(Cl)cc1)NCC1CCN(C(=O)OC(C(F)(F)F)C(F)(F)F)C1. The van der Waals surface area contributed by atoms with E-state index in [-0.39, 0.29) is 38.6 Å². The highest BCUT2D eigenvalue weighted by molar-refractivity contribution is 6.30. The average Bonchev–Trinajstić information content (AvgIpc) is 3.11. The molecule has 13 heteroatoms. The molecule has 2 amide bonds. The van der Waals surface area contributed by atoms with Crippen molar-refractivity contribution in [3.8, 4) is 5.75 Å². The zero-order valence-electron chi connectivity index (χ0n) is 15.2. The molecule has 1 atom stereocenters. The fraction of sp³-hybridized carbons (Fsp3) is 0.529. The first kappa shape index (κ1) is 23.9. The molecular formula is C17H17ClF6N2O4. The highest BCUT2D eigenvalue weighted by atomic mass is 35.5. The van der Waals surface area contributed by atoms with Crippen molar-refractivity contribution in [2.75, 3.05) is 26.2 Å². The lowest BCUT2D eigenvalue weighted by Gasteiger charge is -2.25. The number of carbonyl (C=O) groups excluding carboxylic acids is 2. The summed E-state index contributed by atoms with van der Waals surface area (Å²) in [5, 5.41) is 3.02. The average molecular weight is 463 g/mol. The maximum Gasteiger partial charge on any atom is 0.434 e. The molecular weight excluding hydrogens is 446 g/mol. The van der Waals surface area contributed by atoms with Gasteiger partial charge in [-0.15, -0.1) is 0 Å². The van der Waals surface area contributed by atoms with Gasteiger partial charge in [-0.2, -0.15) is 26.3 Å². The van der Waals surface area contributed by atoms with Gasteiger partial charge in [0.25, 0.3) is 12.0 Å². The molecule has 1 saturated heterocycles. The summed E-state index contributed by atoms with van der Waals surface area (Å²) in [5.41, 5.74) is 0. The van der Waals surface area contributed by atoms with Gasteiger partial charge in [-0.05, 0) is 36.6 Å². The van der Waals surface area contributed by atoms with E-state index in [1.165, 1.54) is 0 Å². The van der Waals surface area contributed by atoms with Crippen molar-refractivity contribution in [1.82, 2.24) is 10.2 Å². The number of rotatable bonds is 6. The Bertz CT molecular complexity index is 727. The number of benzene rings is 1. The zero-order chi connectivity index (χ0) is 22.5. The van der Waals surface area contributed by atoms with Crippen molar-refractivity contribution in [2.45, 2.75) is 24.9 Å². The van der Waals surface area contributed by atoms with Gasteiger partial charge in [-0.1, -0.05) is 11.6 Å². The van der Waals surface area contributed by atoms with Gasteiger partial charge in [-0.25, -0.2) is 4.79 Å².